The minimum atomic E-state index is -0.496. The lowest BCUT2D eigenvalue weighted by Gasteiger charge is -2.34. The fourth-order valence-corrected chi connectivity index (χ4v) is 12.2. The van der Waals surface area contributed by atoms with Crippen LogP contribution in [0.2, 0.25) is 0 Å². The number of nitrogens with zero attached hydrogens (tertiary/aromatic N) is 1. The van der Waals surface area contributed by atoms with Gasteiger partial charge in [0.25, 0.3) is 0 Å². The highest BCUT2D eigenvalue weighted by Gasteiger charge is 2.46. The summed E-state index contributed by atoms with van der Waals surface area (Å²) in [5, 5.41) is 9.95. The van der Waals surface area contributed by atoms with Crippen molar-refractivity contribution in [3.8, 4) is 44.5 Å². The Morgan fingerprint density at radius 2 is 0.694 bits per heavy atom. The van der Waals surface area contributed by atoms with Gasteiger partial charge < -0.3 is 4.90 Å². The fourth-order valence-electron chi connectivity index (χ4n) is 12.2. The van der Waals surface area contributed by atoms with E-state index in [1.807, 2.05) is 0 Å². The van der Waals surface area contributed by atoms with E-state index in [-0.39, 0.29) is 0 Å². The Balaban J connectivity index is 1.03. The van der Waals surface area contributed by atoms with E-state index in [0.29, 0.717) is 0 Å². The SMILES string of the molecule is c1ccc(-c2c(-c3ccccc3)c3cc(N(c4ccc(-c5cc6ccccc6c6ccccc56)cc4)c4ccc5c(c4)-c4ccccc4C5(c4ccccc4)c4ccccc4)ccc3c3ccccc23)cc1. The molecule has 0 atom stereocenters. The van der Waals surface area contributed by atoms with Gasteiger partial charge in [-0.1, -0.05) is 243 Å². The maximum Gasteiger partial charge on any atom is 0.0713 e. The average molecular weight is 914 g/mol. The van der Waals surface area contributed by atoms with Crippen LogP contribution in [-0.2, 0) is 5.41 Å². The van der Waals surface area contributed by atoms with Gasteiger partial charge in [-0.25, -0.2) is 0 Å². The van der Waals surface area contributed by atoms with Crippen LogP contribution in [0.4, 0.5) is 17.1 Å². The zero-order valence-electron chi connectivity index (χ0n) is 39.6. The third-order valence-corrected chi connectivity index (χ3v) is 15.3. The van der Waals surface area contributed by atoms with Crippen LogP contribution >= 0.6 is 0 Å². The molecule has 1 aliphatic carbocycles. The van der Waals surface area contributed by atoms with Crippen LogP contribution in [-0.4, -0.2) is 0 Å². The molecule has 0 fully saturated rings. The third-order valence-electron chi connectivity index (χ3n) is 15.3. The van der Waals surface area contributed by atoms with Crippen molar-refractivity contribution < 1.29 is 0 Å². The van der Waals surface area contributed by atoms with E-state index in [9.17, 15) is 0 Å². The zero-order valence-corrected chi connectivity index (χ0v) is 39.6. The number of fused-ring (bicyclic) bond motifs is 9. The van der Waals surface area contributed by atoms with Crippen LogP contribution in [0.1, 0.15) is 22.3 Å². The van der Waals surface area contributed by atoms with Gasteiger partial charge in [0.1, 0.15) is 0 Å². The topological polar surface area (TPSA) is 3.24 Å². The van der Waals surface area contributed by atoms with Gasteiger partial charge in [-0.2, -0.15) is 0 Å². The van der Waals surface area contributed by atoms with Crippen molar-refractivity contribution in [3.63, 3.8) is 0 Å². The lowest BCUT2D eigenvalue weighted by atomic mass is 9.68. The smallest absolute Gasteiger partial charge is 0.0713 e. The summed E-state index contributed by atoms with van der Waals surface area (Å²) in [5.74, 6) is 0. The molecule has 14 rings (SSSR count). The zero-order chi connectivity index (χ0) is 47.6. The molecule has 0 unspecified atom stereocenters. The lowest BCUT2D eigenvalue weighted by molar-refractivity contribution is 0.768. The number of hydrogen-bond acceptors (Lipinski definition) is 1. The molecule has 0 N–H and O–H groups in total. The Bertz CT molecular complexity index is 4140. The summed E-state index contributed by atoms with van der Waals surface area (Å²) in [6, 6.07) is 106. The van der Waals surface area contributed by atoms with Crippen molar-refractivity contribution >= 4 is 60.2 Å². The normalized spacial score (nSPS) is 12.6. The van der Waals surface area contributed by atoms with Crippen molar-refractivity contribution in [2.75, 3.05) is 4.90 Å². The predicted molar refractivity (Wildman–Crippen MR) is 305 cm³/mol. The van der Waals surface area contributed by atoms with Crippen LogP contribution in [0.3, 0.4) is 0 Å². The number of anilines is 3. The third kappa shape index (κ3) is 6.48. The molecular weight excluding hydrogens is 867 g/mol. The molecule has 13 aromatic carbocycles. The molecule has 0 amide bonds. The molecule has 0 aromatic heterocycles. The second-order valence-electron chi connectivity index (χ2n) is 19.1. The highest BCUT2D eigenvalue weighted by atomic mass is 15.1. The molecule has 1 nitrogen and oxygen atoms in total. The molecule has 0 saturated carbocycles. The van der Waals surface area contributed by atoms with Gasteiger partial charge in [0, 0.05) is 17.1 Å². The summed E-state index contributed by atoms with van der Waals surface area (Å²) in [6.45, 7) is 0. The first kappa shape index (κ1) is 41.7. The van der Waals surface area contributed by atoms with E-state index in [2.05, 4.69) is 290 Å². The quantitative estimate of drug-likeness (QED) is 0.137. The van der Waals surface area contributed by atoms with E-state index in [4.69, 9.17) is 0 Å². The molecule has 336 valence electrons. The summed E-state index contributed by atoms with van der Waals surface area (Å²) in [4.78, 5) is 2.47. The molecule has 0 spiro atoms. The van der Waals surface area contributed by atoms with Crippen LogP contribution in [0.5, 0.6) is 0 Å². The number of benzene rings is 13. The van der Waals surface area contributed by atoms with Gasteiger partial charge in [0.05, 0.1) is 5.41 Å². The maximum absolute atomic E-state index is 2.47. The van der Waals surface area contributed by atoms with Gasteiger partial charge in [0.2, 0.25) is 0 Å². The van der Waals surface area contributed by atoms with Crippen molar-refractivity contribution in [1.82, 2.24) is 0 Å². The molecule has 0 heterocycles. The molecule has 72 heavy (non-hydrogen) atoms. The van der Waals surface area contributed by atoms with Crippen molar-refractivity contribution in [1.29, 1.82) is 0 Å². The summed E-state index contributed by atoms with van der Waals surface area (Å²) in [7, 11) is 0. The van der Waals surface area contributed by atoms with Gasteiger partial charge >= 0.3 is 0 Å². The highest BCUT2D eigenvalue weighted by molar-refractivity contribution is 6.22. The molecule has 0 radical (unpaired) electrons. The molecule has 0 aliphatic heterocycles. The van der Waals surface area contributed by atoms with E-state index < -0.39 is 5.41 Å². The lowest BCUT2D eigenvalue weighted by Crippen LogP contribution is -2.28. The molecule has 0 saturated heterocycles. The van der Waals surface area contributed by atoms with Crippen LogP contribution in [0, 0.1) is 0 Å². The van der Waals surface area contributed by atoms with E-state index in [1.165, 1.54) is 110 Å². The standard InChI is InChI=1S/C71H47N/c1-5-21-49(22-6-1)69-63-35-18-17-32-59(63)61-43-41-55(47-66(61)70(69)50-23-7-2-8-24-50)72(54-39-37-48(38-40-54)64-45-51-25-13-14-30-57(51)58-31-15-16-33-60(58)64)56-42-44-68-65(46-56)62-34-19-20-36-67(62)71(68,52-26-9-3-10-27-52)53-28-11-4-12-29-53/h1-47H. The highest BCUT2D eigenvalue weighted by Crippen LogP contribution is 2.57. The van der Waals surface area contributed by atoms with Gasteiger partial charge in [-0.15, -0.1) is 0 Å². The summed E-state index contributed by atoms with van der Waals surface area (Å²) in [6.07, 6.45) is 0. The molecular formula is C71H47N. The number of hydrogen-bond donors (Lipinski definition) is 0. The maximum atomic E-state index is 2.47. The first-order chi connectivity index (χ1) is 35.7. The van der Waals surface area contributed by atoms with Crippen LogP contribution in [0.15, 0.2) is 285 Å². The summed E-state index contributed by atoms with van der Waals surface area (Å²) >= 11 is 0. The van der Waals surface area contributed by atoms with E-state index in [0.717, 1.165) is 17.1 Å². The summed E-state index contributed by atoms with van der Waals surface area (Å²) < 4.78 is 0. The predicted octanol–water partition coefficient (Wildman–Crippen LogP) is 19.1. The second kappa shape index (κ2) is 17.0. The van der Waals surface area contributed by atoms with Gasteiger partial charge in [-0.05, 0) is 152 Å². The largest absolute Gasteiger partial charge is 0.310 e. The summed E-state index contributed by atoms with van der Waals surface area (Å²) in [5.41, 5.74) is 17.6. The van der Waals surface area contributed by atoms with Crippen LogP contribution in [0.25, 0.3) is 87.6 Å². The first-order valence-corrected chi connectivity index (χ1v) is 25.0. The minimum Gasteiger partial charge on any atom is -0.310 e. The Kier molecular flexibility index (Phi) is 9.82. The molecule has 13 aromatic rings. The van der Waals surface area contributed by atoms with E-state index in [1.54, 1.807) is 0 Å². The van der Waals surface area contributed by atoms with Crippen molar-refractivity contribution in [2.24, 2.45) is 0 Å². The Morgan fingerprint density at radius 3 is 1.36 bits per heavy atom. The van der Waals surface area contributed by atoms with Gasteiger partial charge in [-0.3, -0.25) is 0 Å². The Morgan fingerprint density at radius 1 is 0.236 bits per heavy atom. The average Bonchev–Trinajstić information content (AvgIpc) is 3.76. The van der Waals surface area contributed by atoms with Gasteiger partial charge in [0.15, 0.2) is 0 Å². The second-order valence-corrected chi connectivity index (χ2v) is 19.1. The fraction of sp³-hybridized carbons (Fsp3) is 0.0141. The van der Waals surface area contributed by atoms with Crippen molar-refractivity contribution in [2.45, 2.75) is 5.41 Å². The minimum absolute atomic E-state index is 0.496. The first-order valence-electron chi connectivity index (χ1n) is 25.0. The Labute approximate surface area is 420 Å². The van der Waals surface area contributed by atoms with Crippen LogP contribution < -0.4 is 4.90 Å². The van der Waals surface area contributed by atoms with E-state index >= 15 is 0 Å². The Hall–Kier alpha value is -9.30. The molecule has 1 aliphatic rings. The number of rotatable bonds is 8. The monoisotopic (exact) mass is 913 g/mol. The molecule has 0 bridgehead atoms. The van der Waals surface area contributed by atoms with Crippen molar-refractivity contribution in [3.05, 3.63) is 307 Å². The molecule has 1 heteroatoms.